The highest BCUT2D eigenvalue weighted by molar-refractivity contribution is 8.13. The monoisotopic (exact) mass is 320 g/mol. The van der Waals surface area contributed by atoms with Crippen LogP contribution in [-0.2, 0) is 19.2 Å². The quantitative estimate of drug-likeness (QED) is 0.393. The molecule has 21 heavy (non-hydrogen) atoms. The van der Waals surface area contributed by atoms with Gasteiger partial charge in [0.25, 0.3) is 0 Å². The minimum atomic E-state index is -1.02. The second-order valence-corrected chi connectivity index (χ2v) is 5.36. The van der Waals surface area contributed by atoms with Crippen molar-refractivity contribution in [2.75, 3.05) is 19.4 Å². The maximum atomic E-state index is 12.0. The molecule has 8 nitrogen and oxygen atoms in total. The number of rotatable bonds is 10. The number of Topliss-reactive ketones (excluding diaryl/α,β-unsaturated/α-hetero) is 1. The number of thioether (sulfide) groups is 1. The molecule has 0 aromatic rings. The minimum Gasteiger partial charge on any atom is -0.481 e. The number of hydrogen-bond donors (Lipinski definition) is 4. The first-order chi connectivity index (χ1) is 9.81. The fraction of sp³-hybridized carbons (Fsp3) is 0.667. The van der Waals surface area contributed by atoms with Crippen molar-refractivity contribution in [3.8, 4) is 0 Å². The van der Waals surface area contributed by atoms with Gasteiger partial charge in [-0.25, -0.2) is 0 Å². The lowest BCUT2D eigenvalue weighted by atomic mass is 10.1. The molecule has 4 N–H and O–H groups in total. The molecule has 0 heterocycles. The van der Waals surface area contributed by atoms with E-state index >= 15 is 0 Å². The van der Waals surface area contributed by atoms with E-state index in [0.717, 1.165) is 11.8 Å². The van der Waals surface area contributed by atoms with Gasteiger partial charge < -0.3 is 20.8 Å². The average Bonchev–Trinajstić information content (AvgIpc) is 2.42. The molecule has 0 aromatic heterocycles. The second-order valence-electron chi connectivity index (χ2n) is 4.29. The molecule has 0 unspecified atom stereocenters. The molecular weight excluding hydrogens is 300 g/mol. The fourth-order valence-electron chi connectivity index (χ4n) is 1.43. The second kappa shape index (κ2) is 10.3. The molecule has 0 radical (unpaired) electrons. The van der Waals surface area contributed by atoms with E-state index in [1.54, 1.807) is 0 Å². The third kappa shape index (κ3) is 8.43. The summed E-state index contributed by atoms with van der Waals surface area (Å²) in [4.78, 5) is 44.9. The predicted molar refractivity (Wildman–Crippen MR) is 76.9 cm³/mol. The van der Waals surface area contributed by atoms with Gasteiger partial charge in [0.1, 0.15) is 6.61 Å². The Bertz CT molecular complexity index is 401. The number of carbonyl (C=O) groups excluding carboxylic acids is 3. The van der Waals surface area contributed by atoms with E-state index in [-0.39, 0.29) is 24.4 Å². The molecule has 0 bridgehead atoms. The van der Waals surface area contributed by atoms with Crippen LogP contribution in [0.4, 0.5) is 0 Å². The van der Waals surface area contributed by atoms with Crippen LogP contribution in [0.15, 0.2) is 0 Å². The van der Waals surface area contributed by atoms with Gasteiger partial charge in [-0.3, -0.25) is 19.2 Å². The topological polar surface area (TPSA) is 133 Å². The van der Waals surface area contributed by atoms with E-state index in [4.69, 9.17) is 10.2 Å². The number of ketones is 1. The Hall–Kier alpha value is -1.45. The van der Waals surface area contributed by atoms with Crippen LogP contribution >= 0.6 is 11.8 Å². The molecule has 0 aliphatic rings. The molecule has 1 amide bonds. The summed E-state index contributed by atoms with van der Waals surface area (Å²) in [6.07, 6.45) is -0.0909. The van der Waals surface area contributed by atoms with Gasteiger partial charge in [-0.1, -0.05) is 11.8 Å². The third-order valence-electron chi connectivity index (χ3n) is 2.66. The van der Waals surface area contributed by atoms with Crippen LogP contribution in [-0.4, -0.2) is 64.5 Å². The lowest BCUT2D eigenvalue weighted by Crippen LogP contribution is -2.50. The Morgan fingerprint density at radius 2 is 1.81 bits per heavy atom. The predicted octanol–water partition coefficient (Wildman–Crippen LogP) is -1.23. The summed E-state index contributed by atoms with van der Waals surface area (Å²) in [5, 5.41) is 21.9. The normalized spacial score (nSPS) is 13.3. The summed E-state index contributed by atoms with van der Waals surface area (Å²) in [5.74, 6) is -1.82. The molecule has 0 fully saturated rings. The zero-order valence-electron chi connectivity index (χ0n) is 11.9. The van der Waals surface area contributed by atoms with Crippen LogP contribution in [0.5, 0.6) is 0 Å². The van der Waals surface area contributed by atoms with E-state index in [2.05, 4.69) is 10.6 Å². The van der Waals surface area contributed by atoms with Crippen molar-refractivity contribution in [2.45, 2.75) is 31.8 Å². The molecular formula is C12H20N2O6S. The highest BCUT2D eigenvalue weighted by Crippen LogP contribution is 2.06. The van der Waals surface area contributed by atoms with Crippen molar-refractivity contribution in [3.63, 3.8) is 0 Å². The van der Waals surface area contributed by atoms with Crippen molar-refractivity contribution >= 4 is 34.5 Å². The number of carboxylic acid groups (broad SMARTS) is 1. The maximum Gasteiger partial charge on any atom is 0.303 e. The number of aliphatic hydroxyl groups excluding tert-OH is 1. The third-order valence-corrected chi connectivity index (χ3v) is 3.61. The first-order valence-electron chi connectivity index (χ1n) is 6.28. The van der Waals surface area contributed by atoms with Crippen LogP contribution in [0.2, 0.25) is 0 Å². The van der Waals surface area contributed by atoms with Crippen LogP contribution in [0, 0.1) is 0 Å². The van der Waals surface area contributed by atoms with Crippen molar-refractivity contribution in [2.24, 2.45) is 0 Å². The highest BCUT2D eigenvalue weighted by Gasteiger charge is 2.23. The van der Waals surface area contributed by atoms with Crippen molar-refractivity contribution in [3.05, 3.63) is 0 Å². The summed E-state index contributed by atoms with van der Waals surface area (Å²) in [6.45, 7) is 0.640. The Kier molecular flexibility index (Phi) is 9.59. The van der Waals surface area contributed by atoms with Crippen LogP contribution < -0.4 is 10.6 Å². The maximum absolute atomic E-state index is 12.0. The molecule has 2 atom stereocenters. The van der Waals surface area contributed by atoms with Gasteiger partial charge in [0.05, 0.1) is 12.1 Å². The molecule has 120 valence electrons. The zero-order valence-corrected chi connectivity index (χ0v) is 12.7. The van der Waals surface area contributed by atoms with Crippen molar-refractivity contribution in [1.82, 2.24) is 10.6 Å². The minimum absolute atomic E-state index is 0.0236. The SMILES string of the molecule is CN[C@@H](CCC(=O)O)C(=O)N[C@@H](CSC(=O)CO)C(C)=O. The largest absolute Gasteiger partial charge is 0.481 e. The van der Waals surface area contributed by atoms with Crippen LogP contribution in [0.3, 0.4) is 0 Å². The Balaban J connectivity index is 4.53. The molecule has 0 aliphatic heterocycles. The molecule has 0 spiro atoms. The number of hydrogen-bond acceptors (Lipinski definition) is 7. The summed E-state index contributed by atoms with van der Waals surface area (Å²) in [6, 6.07) is -1.60. The summed E-state index contributed by atoms with van der Waals surface area (Å²) < 4.78 is 0. The summed E-state index contributed by atoms with van der Waals surface area (Å²) in [7, 11) is 1.51. The Labute approximate surface area is 126 Å². The first-order valence-corrected chi connectivity index (χ1v) is 7.26. The summed E-state index contributed by atoms with van der Waals surface area (Å²) in [5.41, 5.74) is 0. The number of aliphatic carboxylic acids is 1. The van der Waals surface area contributed by atoms with E-state index in [0.29, 0.717) is 0 Å². The molecule has 0 saturated carbocycles. The molecule has 0 saturated heterocycles. The molecule has 0 rings (SSSR count). The average molecular weight is 320 g/mol. The zero-order chi connectivity index (χ0) is 16.4. The van der Waals surface area contributed by atoms with Gasteiger partial charge in [0, 0.05) is 12.2 Å². The van der Waals surface area contributed by atoms with Gasteiger partial charge in [0.15, 0.2) is 5.78 Å². The van der Waals surface area contributed by atoms with Crippen molar-refractivity contribution < 1.29 is 29.4 Å². The van der Waals surface area contributed by atoms with Crippen LogP contribution in [0.1, 0.15) is 19.8 Å². The van der Waals surface area contributed by atoms with E-state index in [1.807, 2.05) is 0 Å². The number of carbonyl (C=O) groups is 4. The van der Waals surface area contributed by atoms with Crippen molar-refractivity contribution in [1.29, 1.82) is 0 Å². The lowest BCUT2D eigenvalue weighted by molar-refractivity contribution is -0.137. The van der Waals surface area contributed by atoms with Gasteiger partial charge in [-0.2, -0.15) is 0 Å². The first kappa shape index (κ1) is 19.6. The van der Waals surface area contributed by atoms with Crippen LogP contribution in [0.25, 0.3) is 0 Å². The lowest BCUT2D eigenvalue weighted by Gasteiger charge is -2.20. The highest BCUT2D eigenvalue weighted by atomic mass is 32.2. The molecule has 0 aliphatic carbocycles. The molecule has 9 heteroatoms. The van der Waals surface area contributed by atoms with Gasteiger partial charge >= 0.3 is 5.97 Å². The number of carboxylic acids is 1. The number of nitrogens with one attached hydrogen (secondary N) is 2. The van der Waals surface area contributed by atoms with Gasteiger partial charge in [-0.05, 0) is 20.4 Å². The number of aliphatic hydroxyl groups is 1. The molecule has 0 aromatic carbocycles. The smallest absolute Gasteiger partial charge is 0.303 e. The standard InChI is InChI=1S/C12H20N2O6S/c1-7(16)9(6-21-11(19)5-15)14-12(20)8(13-2)3-4-10(17)18/h8-9,13,15H,3-6H2,1-2H3,(H,14,20)(H,17,18)/t8-,9-/m0/s1. The van der Waals surface area contributed by atoms with E-state index in [9.17, 15) is 19.2 Å². The van der Waals surface area contributed by atoms with Gasteiger partial charge in [0.2, 0.25) is 11.0 Å². The summed E-state index contributed by atoms with van der Waals surface area (Å²) >= 11 is 0.753. The number of likely N-dealkylation sites (N-methyl/N-ethyl adjacent to an activating group) is 1. The van der Waals surface area contributed by atoms with E-state index < -0.39 is 35.7 Å². The Morgan fingerprint density at radius 1 is 1.19 bits per heavy atom. The Morgan fingerprint density at radius 3 is 2.24 bits per heavy atom. The fourth-order valence-corrected chi connectivity index (χ4v) is 2.19. The van der Waals surface area contributed by atoms with E-state index in [1.165, 1.54) is 14.0 Å². The number of amides is 1. The van der Waals surface area contributed by atoms with Gasteiger partial charge in [-0.15, -0.1) is 0 Å².